The first-order chi connectivity index (χ1) is 18.0. The molecular weight excluding hydrogens is 462 g/mol. The molecule has 0 aliphatic heterocycles. The monoisotopic (exact) mass is 509 g/mol. The van der Waals surface area contributed by atoms with Gasteiger partial charge in [-0.1, -0.05) is 83.5 Å². The number of carbonyl (C=O) groups excluding carboxylic acids is 2. The van der Waals surface area contributed by atoms with Crippen LogP contribution in [0.15, 0.2) is 18.5 Å². The first-order valence-corrected chi connectivity index (χ1v) is 14.8. The minimum absolute atomic E-state index is 0.0335. The van der Waals surface area contributed by atoms with Crippen molar-refractivity contribution in [2.75, 3.05) is 10.6 Å². The highest BCUT2D eigenvalue weighted by atomic mass is 16.2. The molecule has 37 heavy (non-hydrogen) atoms. The van der Waals surface area contributed by atoms with Gasteiger partial charge in [-0.15, -0.1) is 0 Å². The van der Waals surface area contributed by atoms with Crippen molar-refractivity contribution >= 4 is 23.2 Å². The standard InChI is InChI=1S/C30H47N5O2/c1-34-21-25(31-24-18-14-10-4-3-5-11-15-19-24)20-26(34)30(37)33-27-22-35(2)29(32-27)28(36)23-16-12-8-6-7-9-13-17-23/h20-24,31H,3-19H2,1-2H3,(H,33,37). The topological polar surface area (TPSA) is 81.0 Å². The van der Waals surface area contributed by atoms with E-state index in [9.17, 15) is 9.59 Å². The number of aromatic nitrogens is 3. The molecule has 2 aliphatic rings. The fourth-order valence-electron chi connectivity index (χ4n) is 6.07. The summed E-state index contributed by atoms with van der Waals surface area (Å²) in [5, 5.41) is 6.62. The van der Waals surface area contributed by atoms with E-state index in [1.807, 2.05) is 30.9 Å². The lowest BCUT2D eigenvalue weighted by molar-refractivity contribution is 0.0888. The van der Waals surface area contributed by atoms with E-state index >= 15 is 0 Å². The molecule has 0 unspecified atom stereocenters. The van der Waals surface area contributed by atoms with Gasteiger partial charge in [0.25, 0.3) is 5.91 Å². The van der Waals surface area contributed by atoms with Crippen LogP contribution in [0.2, 0.25) is 0 Å². The molecular formula is C30H47N5O2. The number of nitrogens with zero attached hydrogens (tertiary/aromatic N) is 3. The SMILES string of the molecule is Cn1cc(NC2CCCCCCCCC2)cc1C(=O)Nc1cn(C)c(C(=O)C2CCCCCCCC2)n1. The molecule has 2 fully saturated rings. The van der Waals surface area contributed by atoms with Crippen molar-refractivity contribution in [3.05, 3.63) is 30.0 Å². The van der Waals surface area contributed by atoms with Crippen LogP contribution >= 0.6 is 0 Å². The molecule has 2 heterocycles. The van der Waals surface area contributed by atoms with Crippen LogP contribution < -0.4 is 10.6 Å². The van der Waals surface area contributed by atoms with Gasteiger partial charge >= 0.3 is 0 Å². The first-order valence-electron chi connectivity index (χ1n) is 14.8. The second-order valence-corrected chi connectivity index (χ2v) is 11.4. The van der Waals surface area contributed by atoms with Gasteiger partial charge in [-0.3, -0.25) is 9.59 Å². The van der Waals surface area contributed by atoms with Crippen molar-refractivity contribution in [2.24, 2.45) is 20.0 Å². The van der Waals surface area contributed by atoms with Crippen LogP contribution in [-0.4, -0.2) is 31.9 Å². The fraction of sp³-hybridized carbons (Fsp3) is 0.700. The summed E-state index contributed by atoms with van der Waals surface area (Å²) < 4.78 is 3.63. The molecule has 4 rings (SSSR count). The highest BCUT2D eigenvalue weighted by molar-refractivity contribution is 6.04. The molecule has 0 bridgehead atoms. The molecule has 2 aromatic heterocycles. The van der Waals surface area contributed by atoms with E-state index in [0.717, 1.165) is 31.4 Å². The third-order valence-corrected chi connectivity index (χ3v) is 8.28. The number of anilines is 2. The zero-order valence-electron chi connectivity index (χ0n) is 23.1. The number of rotatable bonds is 6. The Labute approximate surface area is 222 Å². The van der Waals surface area contributed by atoms with Crippen LogP contribution in [0.4, 0.5) is 11.5 Å². The Bertz CT molecular complexity index is 1000. The zero-order chi connectivity index (χ0) is 26.0. The average molecular weight is 510 g/mol. The molecule has 0 radical (unpaired) electrons. The summed E-state index contributed by atoms with van der Waals surface area (Å²) in [6, 6.07) is 2.39. The van der Waals surface area contributed by atoms with Gasteiger partial charge in [0.1, 0.15) is 5.69 Å². The summed E-state index contributed by atoms with van der Waals surface area (Å²) in [4.78, 5) is 31.0. The number of hydrogen-bond acceptors (Lipinski definition) is 4. The molecule has 7 heteroatoms. The van der Waals surface area contributed by atoms with Gasteiger partial charge < -0.3 is 19.8 Å². The second kappa shape index (κ2) is 13.8. The van der Waals surface area contributed by atoms with Gasteiger partial charge in [-0.2, -0.15) is 0 Å². The molecule has 2 aliphatic carbocycles. The summed E-state index contributed by atoms with van der Waals surface area (Å²) in [5.41, 5.74) is 1.57. The molecule has 0 atom stereocenters. The third-order valence-electron chi connectivity index (χ3n) is 8.28. The number of Topliss-reactive ketones (excluding diaryl/α,β-unsaturated/α-hetero) is 1. The van der Waals surface area contributed by atoms with E-state index in [0.29, 0.717) is 23.4 Å². The Morgan fingerprint density at radius 2 is 1.30 bits per heavy atom. The van der Waals surface area contributed by atoms with Gasteiger partial charge in [-0.05, 0) is 31.7 Å². The van der Waals surface area contributed by atoms with Crippen LogP contribution in [0.5, 0.6) is 0 Å². The number of nitrogens with one attached hydrogen (secondary N) is 2. The van der Waals surface area contributed by atoms with Crippen molar-refractivity contribution in [1.29, 1.82) is 0 Å². The van der Waals surface area contributed by atoms with E-state index in [2.05, 4.69) is 15.6 Å². The minimum Gasteiger partial charge on any atom is -0.381 e. The fourth-order valence-corrected chi connectivity index (χ4v) is 6.07. The van der Waals surface area contributed by atoms with E-state index in [-0.39, 0.29) is 17.6 Å². The predicted octanol–water partition coefficient (Wildman–Crippen LogP) is 7.25. The smallest absolute Gasteiger partial charge is 0.273 e. The zero-order valence-corrected chi connectivity index (χ0v) is 23.1. The molecule has 0 aromatic carbocycles. The number of ketones is 1. The first kappa shape index (κ1) is 27.5. The molecule has 0 spiro atoms. The summed E-state index contributed by atoms with van der Waals surface area (Å²) in [6.45, 7) is 0. The number of aryl methyl sites for hydroxylation is 2. The number of amides is 1. The van der Waals surface area contributed by atoms with Crippen LogP contribution in [0, 0.1) is 5.92 Å². The van der Waals surface area contributed by atoms with Gasteiger partial charge in [0, 0.05) is 38.4 Å². The van der Waals surface area contributed by atoms with E-state index < -0.39 is 0 Å². The second-order valence-electron chi connectivity index (χ2n) is 11.4. The number of imidazole rings is 1. The van der Waals surface area contributed by atoms with E-state index in [1.165, 1.54) is 83.5 Å². The molecule has 1 amide bonds. The molecule has 0 saturated heterocycles. The Balaban J connectivity index is 1.38. The Morgan fingerprint density at radius 1 is 0.757 bits per heavy atom. The summed E-state index contributed by atoms with van der Waals surface area (Å²) in [6.07, 6.45) is 24.4. The lowest BCUT2D eigenvalue weighted by atomic mass is 9.92. The Kier molecular flexibility index (Phi) is 10.3. The van der Waals surface area contributed by atoms with E-state index in [1.54, 1.807) is 10.8 Å². The molecule has 2 aromatic rings. The number of hydrogen-bond donors (Lipinski definition) is 2. The van der Waals surface area contributed by atoms with Gasteiger partial charge in [0.2, 0.25) is 5.78 Å². The Morgan fingerprint density at radius 3 is 1.89 bits per heavy atom. The summed E-state index contributed by atoms with van der Waals surface area (Å²) in [5.74, 6) is 0.819. The lowest BCUT2D eigenvalue weighted by Gasteiger charge is -2.20. The lowest BCUT2D eigenvalue weighted by Crippen LogP contribution is -2.19. The van der Waals surface area contributed by atoms with Crippen molar-refractivity contribution < 1.29 is 9.59 Å². The largest absolute Gasteiger partial charge is 0.381 e. The van der Waals surface area contributed by atoms with E-state index in [4.69, 9.17) is 0 Å². The van der Waals surface area contributed by atoms with Crippen molar-refractivity contribution in [2.45, 2.75) is 115 Å². The summed E-state index contributed by atoms with van der Waals surface area (Å²) >= 11 is 0. The van der Waals surface area contributed by atoms with Gasteiger partial charge in [0.05, 0.1) is 5.69 Å². The maximum Gasteiger partial charge on any atom is 0.273 e. The number of carbonyl (C=O) groups is 2. The van der Waals surface area contributed by atoms with Crippen molar-refractivity contribution in [3.63, 3.8) is 0 Å². The van der Waals surface area contributed by atoms with Crippen LogP contribution in [-0.2, 0) is 14.1 Å². The molecule has 7 nitrogen and oxygen atoms in total. The van der Waals surface area contributed by atoms with Crippen molar-refractivity contribution in [3.8, 4) is 0 Å². The highest BCUT2D eigenvalue weighted by Crippen LogP contribution is 2.26. The van der Waals surface area contributed by atoms with Crippen molar-refractivity contribution in [1.82, 2.24) is 14.1 Å². The quantitative estimate of drug-likeness (QED) is 0.402. The van der Waals surface area contributed by atoms with Crippen LogP contribution in [0.3, 0.4) is 0 Å². The average Bonchev–Trinajstić information content (AvgIpc) is 3.47. The molecule has 2 N–H and O–H groups in total. The van der Waals surface area contributed by atoms with Crippen LogP contribution in [0.25, 0.3) is 0 Å². The third kappa shape index (κ3) is 7.96. The minimum atomic E-state index is -0.207. The van der Waals surface area contributed by atoms with Crippen LogP contribution in [0.1, 0.15) is 130 Å². The predicted molar refractivity (Wildman–Crippen MR) is 150 cm³/mol. The van der Waals surface area contributed by atoms with Gasteiger partial charge in [-0.25, -0.2) is 4.98 Å². The molecule has 204 valence electrons. The molecule has 2 saturated carbocycles. The normalized spacial score (nSPS) is 19.4. The highest BCUT2D eigenvalue weighted by Gasteiger charge is 2.25. The summed E-state index contributed by atoms with van der Waals surface area (Å²) in [7, 11) is 3.74. The maximum atomic E-state index is 13.3. The van der Waals surface area contributed by atoms with Gasteiger partial charge in [0.15, 0.2) is 11.6 Å². The maximum absolute atomic E-state index is 13.3. The Hall–Kier alpha value is -2.57.